The van der Waals surface area contributed by atoms with Crippen LogP contribution in [-0.2, 0) is 18.3 Å². The standard InChI is InChI=1S/C17H19N5O3S/c1-22-17(19-20-21-22)26-10-9-18-11-14-7-8-15(25-14)12-3-5-13(6-4-12)16(23)24-2/h3-8,18H,9-11H2,1-2H3/p+1. The van der Waals surface area contributed by atoms with Gasteiger partial charge in [-0.2, -0.15) is 0 Å². The number of ether oxygens (including phenoxy) is 1. The summed E-state index contributed by atoms with van der Waals surface area (Å²) in [6, 6.07) is 11.1. The van der Waals surface area contributed by atoms with Crippen LogP contribution in [0.5, 0.6) is 0 Å². The van der Waals surface area contributed by atoms with Gasteiger partial charge in [0.15, 0.2) is 5.76 Å². The summed E-state index contributed by atoms with van der Waals surface area (Å²) >= 11 is 1.62. The summed E-state index contributed by atoms with van der Waals surface area (Å²) in [5.74, 6) is 2.25. The second-order valence-electron chi connectivity index (χ2n) is 5.55. The second kappa shape index (κ2) is 8.63. The number of hydrogen-bond donors (Lipinski definition) is 1. The largest absolute Gasteiger partial charge is 0.465 e. The molecule has 0 unspecified atom stereocenters. The molecule has 0 saturated heterocycles. The number of thioether (sulfide) groups is 1. The Morgan fingerprint density at radius 3 is 2.77 bits per heavy atom. The van der Waals surface area contributed by atoms with Crippen molar-refractivity contribution in [3.63, 3.8) is 0 Å². The average Bonchev–Trinajstić information content (AvgIpc) is 3.30. The molecule has 8 nitrogen and oxygen atoms in total. The summed E-state index contributed by atoms with van der Waals surface area (Å²) in [7, 11) is 3.20. The Morgan fingerprint density at radius 2 is 2.08 bits per heavy atom. The lowest BCUT2D eigenvalue weighted by atomic mass is 10.1. The molecule has 2 heterocycles. The van der Waals surface area contributed by atoms with Crippen molar-refractivity contribution in [2.45, 2.75) is 11.7 Å². The minimum Gasteiger partial charge on any atom is -0.465 e. The van der Waals surface area contributed by atoms with Crippen molar-refractivity contribution in [2.24, 2.45) is 7.05 Å². The lowest BCUT2D eigenvalue weighted by Crippen LogP contribution is -2.83. The third kappa shape index (κ3) is 4.50. The van der Waals surface area contributed by atoms with E-state index in [0.29, 0.717) is 5.56 Å². The minimum atomic E-state index is -0.346. The maximum atomic E-state index is 11.5. The Labute approximate surface area is 154 Å². The first kappa shape index (κ1) is 18.2. The molecule has 0 aliphatic carbocycles. The number of benzene rings is 1. The van der Waals surface area contributed by atoms with Crippen LogP contribution in [0.2, 0.25) is 0 Å². The highest BCUT2D eigenvalue weighted by atomic mass is 32.2. The molecule has 0 bridgehead atoms. The van der Waals surface area contributed by atoms with Gasteiger partial charge in [-0.1, -0.05) is 23.9 Å². The summed E-state index contributed by atoms with van der Waals surface area (Å²) in [4.78, 5) is 11.5. The molecule has 1 aromatic carbocycles. The van der Waals surface area contributed by atoms with Crippen LogP contribution < -0.4 is 5.32 Å². The van der Waals surface area contributed by atoms with Crippen molar-refractivity contribution >= 4 is 17.7 Å². The molecular weight excluding hydrogens is 354 g/mol. The van der Waals surface area contributed by atoms with Gasteiger partial charge in [-0.25, -0.2) is 9.48 Å². The molecule has 9 heteroatoms. The van der Waals surface area contributed by atoms with E-state index in [1.807, 2.05) is 31.3 Å². The monoisotopic (exact) mass is 374 g/mol. The Kier molecular flexibility index (Phi) is 6.03. The van der Waals surface area contributed by atoms with Gasteiger partial charge in [0, 0.05) is 12.6 Å². The highest BCUT2D eigenvalue weighted by Crippen LogP contribution is 2.22. The number of methoxy groups -OCH3 is 1. The zero-order valence-corrected chi connectivity index (χ0v) is 15.4. The predicted octanol–water partition coefficient (Wildman–Crippen LogP) is 1.11. The number of aromatic nitrogens is 4. The first-order valence-electron chi connectivity index (χ1n) is 8.11. The number of furan rings is 1. The van der Waals surface area contributed by atoms with Crippen LogP contribution in [0, 0.1) is 0 Å². The van der Waals surface area contributed by atoms with Crippen LogP contribution in [0.15, 0.2) is 46.0 Å². The number of carbonyl (C=O) groups is 1. The molecule has 0 amide bonds. The fourth-order valence-electron chi connectivity index (χ4n) is 2.35. The van der Waals surface area contributed by atoms with Gasteiger partial charge in [0.2, 0.25) is 5.16 Å². The molecule has 0 aliphatic rings. The van der Waals surface area contributed by atoms with E-state index in [2.05, 4.69) is 20.8 Å². The van der Waals surface area contributed by atoms with Gasteiger partial charge in [0.05, 0.1) is 25.0 Å². The summed E-state index contributed by atoms with van der Waals surface area (Å²) in [5, 5.41) is 14.3. The summed E-state index contributed by atoms with van der Waals surface area (Å²) in [6.45, 7) is 1.69. The zero-order chi connectivity index (χ0) is 18.4. The number of quaternary nitrogens is 1. The number of nitrogens with two attached hydrogens (primary N) is 1. The Bertz CT molecular complexity index is 859. The molecule has 3 rings (SSSR count). The molecule has 0 spiro atoms. The smallest absolute Gasteiger partial charge is 0.337 e. The first-order chi connectivity index (χ1) is 12.7. The van der Waals surface area contributed by atoms with Gasteiger partial charge in [-0.15, -0.1) is 5.10 Å². The molecule has 0 fully saturated rings. The third-order valence-electron chi connectivity index (χ3n) is 3.73. The maximum Gasteiger partial charge on any atom is 0.337 e. The van der Waals surface area contributed by atoms with Crippen LogP contribution in [-0.4, -0.2) is 45.6 Å². The van der Waals surface area contributed by atoms with Crippen molar-refractivity contribution in [3.8, 4) is 11.3 Å². The molecule has 0 aliphatic heterocycles. The van der Waals surface area contributed by atoms with Crippen molar-refractivity contribution in [3.05, 3.63) is 47.7 Å². The maximum absolute atomic E-state index is 11.5. The zero-order valence-electron chi connectivity index (χ0n) is 14.6. The van der Waals surface area contributed by atoms with E-state index in [1.165, 1.54) is 7.11 Å². The molecular formula is C17H20N5O3S+. The van der Waals surface area contributed by atoms with E-state index < -0.39 is 0 Å². The van der Waals surface area contributed by atoms with E-state index in [9.17, 15) is 4.79 Å². The van der Waals surface area contributed by atoms with Gasteiger partial charge >= 0.3 is 5.97 Å². The highest BCUT2D eigenvalue weighted by molar-refractivity contribution is 7.99. The van der Waals surface area contributed by atoms with Crippen molar-refractivity contribution in [1.29, 1.82) is 0 Å². The molecule has 26 heavy (non-hydrogen) atoms. The molecule has 136 valence electrons. The number of rotatable bonds is 8. The molecule has 3 aromatic rings. The molecule has 0 radical (unpaired) electrons. The van der Waals surface area contributed by atoms with E-state index in [4.69, 9.17) is 9.15 Å². The summed E-state index contributed by atoms with van der Waals surface area (Å²) < 4.78 is 12.2. The molecule has 0 atom stereocenters. The number of aryl methyl sites for hydroxylation is 1. The Balaban J connectivity index is 1.47. The lowest BCUT2D eigenvalue weighted by molar-refractivity contribution is -0.668. The number of esters is 1. The Morgan fingerprint density at radius 1 is 1.27 bits per heavy atom. The predicted molar refractivity (Wildman–Crippen MR) is 95.5 cm³/mol. The number of hydrogen-bond acceptors (Lipinski definition) is 7. The third-order valence-corrected chi connectivity index (χ3v) is 4.78. The van der Waals surface area contributed by atoms with E-state index in [0.717, 1.165) is 41.1 Å². The van der Waals surface area contributed by atoms with Crippen LogP contribution in [0.25, 0.3) is 11.3 Å². The summed E-state index contributed by atoms with van der Waals surface area (Å²) in [6.07, 6.45) is 0. The number of carbonyl (C=O) groups excluding carboxylic acids is 1. The van der Waals surface area contributed by atoms with Gasteiger partial charge < -0.3 is 14.5 Å². The fraction of sp³-hybridized carbons (Fsp3) is 0.294. The van der Waals surface area contributed by atoms with E-state index in [1.54, 1.807) is 28.6 Å². The normalized spacial score (nSPS) is 10.8. The lowest BCUT2D eigenvalue weighted by Gasteiger charge is -2.01. The van der Waals surface area contributed by atoms with Crippen molar-refractivity contribution < 1.29 is 19.3 Å². The molecule has 2 N–H and O–H groups in total. The highest BCUT2D eigenvalue weighted by Gasteiger charge is 2.09. The second-order valence-corrected chi connectivity index (χ2v) is 6.61. The molecule has 0 saturated carbocycles. The van der Waals surface area contributed by atoms with Gasteiger partial charge in [0.1, 0.15) is 12.3 Å². The van der Waals surface area contributed by atoms with Gasteiger partial charge in [-0.05, 0) is 34.7 Å². The van der Waals surface area contributed by atoms with Crippen molar-refractivity contribution in [1.82, 2.24) is 20.2 Å². The number of nitrogens with zero attached hydrogens (tertiary/aromatic N) is 4. The SMILES string of the molecule is COC(=O)c1ccc(-c2ccc(C[NH2+]CCSc3nnnn3C)o2)cc1. The first-order valence-corrected chi connectivity index (χ1v) is 9.10. The fourth-order valence-corrected chi connectivity index (χ4v) is 3.14. The average molecular weight is 374 g/mol. The van der Waals surface area contributed by atoms with E-state index >= 15 is 0 Å². The summed E-state index contributed by atoms with van der Waals surface area (Å²) in [5.41, 5.74) is 1.45. The van der Waals surface area contributed by atoms with Gasteiger partial charge in [-0.3, -0.25) is 0 Å². The van der Waals surface area contributed by atoms with E-state index in [-0.39, 0.29) is 5.97 Å². The van der Waals surface area contributed by atoms with Gasteiger partial charge in [0.25, 0.3) is 0 Å². The quantitative estimate of drug-likeness (QED) is 0.358. The van der Waals surface area contributed by atoms with Crippen LogP contribution >= 0.6 is 11.8 Å². The number of tetrazole rings is 1. The van der Waals surface area contributed by atoms with Crippen LogP contribution in [0.3, 0.4) is 0 Å². The van der Waals surface area contributed by atoms with Crippen molar-refractivity contribution in [2.75, 3.05) is 19.4 Å². The molecule has 2 aromatic heterocycles. The van der Waals surface area contributed by atoms with Crippen LogP contribution in [0.4, 0.5) is 0 Å². The Hall–Kier alpha value is -2.65. The van der Waals surface area contributed by atoms with Crippen LogP contribution in [0.1, 0.15) is 16.1 Å². The minimum absolute atomic E-state index is 0.346. The topological polar surface area (TPSA) is 99.6 Å².